The van der Waals surface area contributed by atoms with Crippen molar-refractivity contribution in [3.05, 3.63) is 34.9 Å². The third-order valence-corrected chi connectivity index (χ3v) is 6.70. The lowest BCUT2D eigenvalue weighted by Crippen LogP contribution is -2.40. The minimum Gasteiger partial charge on any atom is -0.355 e. The molecule has 1 fully saturated rings. The minimum atomic E-state index is -3.23. The number of carbonyl (C=O) groups is 1. The first-order chi connectivity index (χ1) is 11.9. The molecule has 1 heterocycles. The van der Waals surface area contributed by atoms with E-state index in [0.29, 0.717) is 19.5 Å². The van der Waals surface area contributed by atoms with Gasteiger partial charge in [-0.05, 0) is 56.2 Å². The first-order valence-corrected chi connectivity index (χ1v) is 10.8. The van der Waals surface area contributed by atoms with Crippen molar-refractivity contribution < 1.29 is 13.2 Å². The predicted octanol–water partition coefficient (Wildman–Crippen LogP) is 2.56. The van der Waals surface area contributed by atoms with Crippen LogP contribution in [0.3, 0.4) is 0 Å². The Morgan fingerprint density at radius 1 is 1.12 bits per heavy atom. The number of benzene rings is 1. The van der Waals surface area contributed by atoms with Gasteiger partial charge in [0.2, 0.25) is 15.9 Å². The molecule has 1 amide bonds. The molecule has 0 radical (unpaired) electrons. The van der Waals surface area contributed by atoms with E-state index in [4.69, 9.17) is 0 Å². The molecule has 0 aliphatic carbocycles. The Balaban J connectivity index is 1.65. The molecule has 0 unspecified atom stereocenters. The van der Waals surface area contributed by atoms with Crippen LogP contribution in [0.1, 0.15) is 48.8 Å². The van der Waals surface area contributed by atoms with Gasteiger partial charge in [-0.3, -0.25) is 4.79 Å². The number of nitrogens with one attached hydrogen (secondary N) is 1. The minimum absolute atomic E-state index is 0.00407. The SMILES string of the molecule is Cc1ccc(CCCC(=O)NCCS(=O)(=O)N2CCCCC2)cc1C. The van der Waals surface area contributed by atoms with E-state index in [-0.39, 0.29) is 18.2 Å². The zero-order valence-corrected chi connectivity index (χ0v) is 16.2. The summed E-state index contributed by atoms with van der Waals surface area (Å²) in [4.78, 5) is 11.9. The molecule has 1 aromatic carbocycles. The molecule has 0 saturated carbocycles. The molecule has 6 heteroatoms. The summed E-state index contributed by atoms with van der Waals surface area (Å²) in [5.74, 6) is -0.0757. The van der Waals surface area contributed by atoms with Gasteiger partial charge in [-0.1, -0.05) is 24.6 Å². The number of nitrogens with zero attached hydrogens (tertiary/aromatic N) is 1. The zero-order chi connectivity index (χ0) is 18.3. The lowest BCUT2D eigenvalue weighted by atomic mass is 10.0. The van der Waals surface area contributed by atoms with Crippen LogP contribution in [0.5, 0.6) is 0 Å². The lowest BCUT2D eigenvalue weighted by molar-refractivity contribution is -0.121. The Hall–Kier alpha value is -1.40. The molecule has 0 atom stereocenters. The summed E-state index contributed by atoms with van der Waals surface area (Å²) >= 11 is 0. The Kier molecular flexibility index (Phi) is 7.44. The van der Waals surface area contributed by atoms with Gasteiger partial charge in [0.05, 0.1) is 5.75 Å². The predicted molar refractivity (Wildman–Crippen MR) is 101 cm³/mol. The zero-order valence-electron chi connectivity index (χ0n) is 15.4. The van der Waals surface area contributed by atoms with E-state index in [1.54, 1.807) is 4.31 Å². The Morgan fingerprint density at radius 2 is 1.84 bits per heavy atom. The first kappa shape index (κ1) is 19.9. The van der Waals surface area contributed by atoms with Crippen LogP contribution < -0.4 is 5.32 Å². The Labute approximate surface area is 151 Å². The number of sulfonamides is 1. The molecule has 5 nitrogen and oxygen atoms in total. The standard InChI is InChI=1S/C19H30N2O3S/c1-16-9-10-18(15-17(16)2)7-6-8-19(22)20-11-14-25(23,24)21-12-4-3-5-13-21/h9-10,15H,3-8,11-14H2,1-2H3,(H,20,22). The van der Waals surface area contributed by atoms with Crippen LogP contribution in [0, 0.1) is 13.8 Å². The van der Waals surface area contributed by atoms with Crippen LogP contribution in [0.15, 0.2) is 18.2 Å². The van der Waals surface area contributed by atoms with Crippen LogP contribution in [0.25, 0.3) is 0 Å². The summed E-state index contributed by atoms with van der Waals surface area (Å²) in [5, 5.41) is 2.74. The molecule has 1 aliphatic rings. The average molecular weight is 367 g/mol. The third-order valence-electron chi connectivity index (χ3n) is 4.83. The number of carbonyl (C=O) groups excluding carboxylic acids is 1. The lowest BCUT2D eigenvalue weighted by Gasteiger charge is -2.25. The molecule has 0 bridgehead atoms. The van der Waals surface area contributed by atoms with E-state index in [2.05, 4.69) is 37.4 Å². The number of hydrogen-bond donors (Lipinski definition) is 1. The summed E-state index contributed by atoms with van der Waals surface area (Å²) < 4.78 is 26.0. The van der Waals surface area contributed by atoms with Gasteiger partial charge in [0.25, 0.3) is 0 Å². The molecule has 2 rings (SSSR count). The van der Waals surface area contributed by atoms with Crippen molar-refractivity contribution in [1.29, 1.82) is 0 Å². The van der Waals surface area contributed by atoms with Crippen LogP contribution >= 0.6 is 0 Å². The molecule has 140 valence electrons. The summed E-state index contributed by atoms with van der Waals surface area (Å²) in [6, 6.07) is 6.38. The highest BCUT2D eigenvalue weighted by Gasteiger charge is 2.23. The normalized spacial score (nSPS) is 15.9. The molecule has 1 N–H and O–H groups in total. The Bertz CT molecular complexity index is 680. The van der Waals surface area contributed by atoms with Gasteiger partial charge in [-0.25, -0.2) is 12.7 Å². The van der Waals surface area contributed by atoms with Crippen molar-refractivity contribution in [3.8, 4) is 0 Å². The van der Waals surface area contributed by atoms with E-state index in [1.165, 1.54) is 16.7 Å². The van der Waals surface area contributed by atoms with Crippen molar-refractivity contribution in [2.24, 2.45) is 0 Å². The maximum Gasteiger partial charge on any atom is 0.220 e. The number of aryl methyl sites for hydroxylation is 3. The molecular weight excluding hydrogens is 336 g/mol. The molecule has 25 heavy (non-hydrogen) atoms. The molecule has 1 saturated heterocycles. The summed E-state index contributed by atoms with van der Waals surface area (Å²) in [6.07, 6.45) is 5.03. The number of amides is 1. The number of piperidine rings is 1. The molecule has 0 spiro atoms. The van der Waals surface area contributed by atoms with Crippen LogP contribution in [0.2, 0.25) is 0 Å². The highest BCUT2D eigenvalue weighted by Crippen LogP contribution is 2.13. The highest BCUT2D eigenvalue weighted by molar-refractivity contribution is 7.89. The van der Waals surface area contributed by atoms with E-state index < -0.39 is 10.0 Å². The van der Waals surface area contributed by atoms with E-state index in [1.807, 2.05) is 0 Å². The van der Waals surface area contributed by atoms with Crippen LogP contribution in [-0.4, -0.2) is 44.0 Å². The van der Waals surface area contributed by atoms with Crippen molar-refractivity contribution in [1.82, 2.24) is 9.62 Å². The molecule has 0 aromatic heterocycles. The van der Waals surface area contributed by atoms with E-state index in [0.717, 1.165) is 32.1 Å². The van der Waals surface area contributed by atoms with Crippen LogP contribution in [0.4, 0.5) is 0 Å². The van der Waals surface area contributed by atoms with E-state index >= 15 is 0 Å². The second-order valence-corrected chi connectivity index (χ2v) is 8.99. The summed E-state index contributed by atoms with van der Waals surface area (Å²) in [5.41, 5.74) is 3.78. The van der Waals surface area contributed by atoms with Crippen LogP contribution in [-0.2, 0) is 21.2 Å². The Morgan fingerprint density at radius 3 is 2.52 bits per heavy atom. The van der Waals surface area contributed by atoms with Crippen molar-refractivity contribution in [3.63, 3.8) is 0 Å². The maximum absolute atomic E-state index is 12.2. The molecule has 1 aromatic rings. The van der Waals surface area contributed by atoms with Gasteiger partial charge in [0.15, 0.2) is 0 Å². The fourth-order valence-electron chi connectivity index (χ4n) is 3.09. The van der Waals surface area contributed by atoms with Crippen molar-refractivity contribution in [2.45, 2.75) is 52.4 Å². The summed E-state index contributed by atoms with van der Waals surface area (Å²) in [6.45, 7) is 5.61. The van der Waals surface area contributed by atoms with Gasteiger partial charge in [0, 0.05) is 26.1 Å². The summed E-state index contributed by atoms with van der Waals surface area (Å²) in [7, 11) is -3.23. The van der Waals surface area contributed by atoms with Gasteiger partial charge in [-0.15, -0.1) is 0 Å². The third kappa shape index (κ3) is 6.44. The quantitative estimate of drug-likeness (QED) is 0.769. The highest BCUT2D eigenvalue weighted by atomic mass is 32.2. The smallest absolute Gasteiger partial charge is 0.220 e. The maximum atomic E-state index is 12.2. The largest absolute Gasteiger partial charge is 0.355 e. The van der Waals surface area contributed by atoms with Gasteiger partial charge >= 0.3 is 0 Å². The number of hydrogen-bond acceptors (Lipinski definition) is 3. The molecular formula is C19H30N2O3S. The first-order valence-electron chi connectivity index (χ1n) is 9.19. The van der Waals surface area contributed by atoms with Gasteiger partial charge in [0.1, 0.15) is 0 Å². The van der Waals surface area contributed by atoms with Crippen molar-refractivity contribution >= 4 is 15.9 Å². The average Bonchev–Trinajstić information content (AvgIpc) is 2.59. The van der Waals surface area contributed by atoms with Gasteiger partial charge < -0.3 is 5.32 Å². The topological polar surface area (TPSA) is 66.5 Å². The monoisotopic (exact) mass is 366 g/mol. The molecule has 1 aliphatic heterocycles. The number of rotatable bonds is 8. The van der Waals surface area contributed by atoms with Crippen molar-refractivity contribution in [2.75, 3.05) is 25.4 Å². The van der Waals surface area contributed by atoms with Gasteiger partial charge in [-0.2, -0.15) is 0 Å². The second kappa shape index (κ2) is 9.34. The second-order valence-electron chi connectivity index (χ2n) is 6.90. The fraction of sp³-hybridized carbons (Fsp3) is 0.632. The van der Waals surface area contributed by atoms with E-state index in [9.17, 15) is 13.2 Å². The fourth-order valence-corrected chi connectivity index (χ4v) is 4.52.